The van der Waals surface area contributed by atoms with Gasteiger partial charge in [0, 0.05) is 50.5 Å². The number of rotatable bonds is 6. The lowest BCUT2D eigenvalue weighted by Gasteiger charge is -2.35. The summed E-state index contributed by atoms with van der Waals surface area (Å²) in [7, 11) is 0. The van der Waals surface area contributed by atoms with Gasteiger partial charge in [0.2, 0.25) is 0 Å². The molecule has 3 N–H and O–H groups in total. The lowest BCUT2D eigenvalue weighted by atomic mass is 10.2. The Labute approximate surface area is 126 Å². The lowest BCUT2D eigenvalue weighted by Crippen LogP contribution is -2.49. The van der Waals surface area contributed by atoms with Crippen LogP contribution in [0, 0.1) is 0 Å². The molecule has 0 aromatic heterocycles. The molecule has 5 nitrogen and oxygen atoms in total. The van der Waals surface area contributed by atoms with Crippen LogP contribution in [0.25, 0.3) is 0 Å². The smallest absolute Gasteiger partial charge is 0.121 e. The molecule has 21 heavy (non-hydrogen) atoms. The first-order valence-electron chi connectivity index (χ1n) is 7.83. The molecule has 116 valence electrons. The summed E-state index contributed by atoms with van der Waals surface area (Å²) in [5, 5.41) is 10.1. The van der Waals surface area contributed by atoms with E-state index in [1.54, 1.807) is 6.07 Å². The van der Waals surface area contributed by atoms with Crippen LogP contribution in [0.1, 0.15) is 12.8 Å². The molecule has 1 saturated heterocycles. The van der Waals surface area contributed by atoms with Gasteiger partial charge in [-0.3, -0.25) is 9.80 Å². The van der Waals surface area contributed by atoms with Gasteiger partial charge in [-0.1, -0.05) is 6.07 Å². The van der Waals surface area contributed by atoms with Gasteiger partial charge < -0.3 is 15.6 Å². The summed E-state index contributed by atoms with van der Waals surface area (Å²) in [5.41, 5.74) is 6.38. The molecule has 1 aromatic rings. The predicted molar refractivity (Wildman–Crippen MR) is 83.4 cm³/mol. The van der Waals surface area contributed by atoms with Crippen LogP contribution in [0.15, 0.2) is 24.3 Å². The van der Waals surface area contributed by atoms with Crippen molar-refractivity contribution < 1.29 is 9.84 Å². The van der Waals surface area contributed by atoms with Crippen molar-refractivity contribution in [1.82, 2.24) is 9.80 Å². The van der Waals surface area contributed by atoms with Gasteiger partial charge in [0.05, 0.1) is 0 Å². The van der Waals surface area contributed by atoms with E-state index in [0.29, 0.717) is 24.6 Å². The molecule has 0 bridgehead atoms. The Morgan fingerprint density at radius 1 is 1.24 bits per heavy atom. The minimum Gasteiger partial charge on any atom is -0.491 e. The molecule has 5 heteroatoms. The number of aliphatic hydroxyl groups is 1. The van der Waals surface area contributed by atoms with E-state index in [9.17, 15) is 5.11 Å². The maximum absolute atomic E-state index is 10.1. The Kier molecular flexibility index (Phi) is 4.63. The maximum Gasteiger partial charge on any atom is 0.121 e. The molecule has 1 heterocycles. The molecule has 2 aliphatic rings. The summed E-state index contributed by atoms with van der Waals surface area (Å²) >= 11 is 0. The number of aliphatic hydroxyl groups excluding tert-OH is 1. The standard InChI is InChI=1S/C16H25N3O2/c17-13-2-1-3-16(10-13)21-12-15(20)11-18-6-8-19(9-7-18)14-4-5-14/h1-3,10,14-15,20H,4-9,11-12,17H2. The summed E-state index contributed by atoms with van der Waals surface area (Å²) in [6, 6.07) is 8.17. The second kappa shape index (κ2) is 6.64. The minimum atomic E-state index is -0.459. The van der Waals surface area contributed by atoms with E-state index in [0.717, 1.165) is 32.2 Å². The van der Waals surface area contributed by atoms with Gasteiger partial charge in [-0.15, -0.1) is 0 Å². The quantitative estimate of drug-likeness (QED) is 0.759. The SMILES string of the molecule is Nc1cccc(OCC(O)CN2CCN(C3CC3)CC2)c1. The van der Waals surface area contributed by atoms with Crippen molar-refractivity contribution in [3.05, 3.63) is 24.3 Å². The van der Waals surface area contributed by atoms with Gasteiger partial charge in [0.25, 0.3) is 0 Å². The van der Waals surface area contributed by atoms with Crippen molar-refractivity contribution in [1.29, 1.82) is 0 Å². The van der Waals surface area contributed by atoms with E-state index in [-0.39, 0.29) is 0 Å². The van der Waals surface area contributed by atoms with Crippen molar-refractivity contribution in [2.24, 2.45) is 0 Å². The second-order valence-corrected chi connectivity index (χ2v) is 6.11. The van der Waals surface area contributed by atoms with E-state index >= 15 is 0 Å². The first-order valence-corrected chi connectivity index (χ1v) is 7.83. The van der Waals surface area contributed by atoms with E-state index in [1.165, 1.54) is 12.8 Å². The summed E-state index contributed by atoms with van der Waals surface area (Å²) in [6.07, 6.45) is 2.28. The zero-order chi connectivity index (χ0) is 14.7. The molecule has 3 rings (SSSR count). The number of β-amino-alcohol motifs (C(OH)–C–C–N with tert-alkyl or cyclic N) is 1. The molecule has 0 spiro atoms. The van der Waals surface area contributed by atoms with Crippen molar-refractivity contribution in [3.63, 3.8) is 0 Å². The van der Waals surface area contributed by atoms with Crippen LogP contribution in [-0.4, -0.2) is 66.4 Å². The Morgan fingerprint density at radius 2 is 2.00 bits per heavy atom. The van der Waals surface area contributed by atoms with Crippen LogP contribution in [0.4, 0.5) is 5.69 Å². The van der Waals surface area contributed by atoms with Crippen LogP contribution in [-0.2, 0) is 0 Å². The summed E-state index contributed by atoms with van der Waals surface area (Å²) in [5.74, 6) is 0.715. The number of benzene rings is 1. The van der Waals surface area contributed by atoms with Crippen LogP contribution in [0.2, 0.25) is 0 Å². The third-order valence-electron chi connectivity index (χ3n) is 4.24. The van der Waals surface area contributed by atoms with E-state index in [2.05, 4.69) is 9.80 Å². The minimum absolute atomic E-state index is 0.312. The van der Waals surface area contributed by atoms with E-state index in [1.807, 2.05) is 18.2 Å². The van der Waals surface area contributed by atoms with Gasteiger partial charge in [-0.25, -0.2) is 0 Å². The zero-order valence-electron chi connectivity index (χ0n) is 12.4. The first kappa shape index (κ1) is 14.6. The molecule has 0 radical (unpaired) electrons. The Bertz CT molecular complexity index is 457. The molecule has 1 unspecified atom stereocenters. The van der Waals surface area contributed by atoms with Gasteiger partial charge in [-0.2, -0.15) is 0 Å². The molecule has 1 aliphatic carbocycles. The molecule has 0 amide bonds. The predicted octanol–water partition coefficient (Wildman–Crippen LogP) is 0.788. The number of ether oxygens (including phenoxy) is 1. The summed E-state index contributed by atoms with van der Waals surface area (Å²) < 4.78 is 5.59. The third kappa shape index (κ3) is 4.33. The fourth-order valence-corrected chi connectivity index (χ4v) is 2.90. The van der Waals surface area contributed by atoms with Gasteiger partial charge in [0.15, 0.2) is 0 Å². The summed E-state index contributed by atoms with van der Waals surface area (Å²) in [6.45, 7) is 5.35. The third-order valence-corrected chi connectivity index (χ3v) is 4.24. The van der Waals surface area contributed by atoms with Crippen LogP contribution >= 0.6 is 0 Å². The molecule has 1 aliphatic heterocycles. The zero-order valence-corrected chi connectivity index (χ0v) is 12.4. The number of anilines is 1. The number of hydrogen-bond acceptors (Lipinski definition) is 5. The molecular formula is C16H25N3O2. The topological polar surface area (TPSA) is 62.0 Å². The second-order valence-electron chi connectivity index (χ2n) is 6.11. The maximum atomic E-state index is 10.1. The van der Waals surface area contributed by atoms with Crippen LogP contribution in [0.3, 0.4) is 0 Å². The molecule has 1 saturated carbocycles. The molecule has 1 atom stereocenters. The highest BCUT2D eigenvalue weighted by Gasteiger charge is 2.31. The van der Waals surface area contributed by atoms with Gasteiger partial charge in [-0.05, 0) is 25.0 Å². The molecular weight excluding hydrogens is 266 g/mol. The van der Waals surface area contributed by atoms with Crippen molar-refractivity contribution in [2.75, 3.05) is 45.1 Å². The number of piperazine rings is 1. The molecule has 1 aromatic carbocycles. The van der Waals surface area contributed by atoms with Crippen molar-refractivity contribution in [3.8, 4) is 5.75 Å². The lowest BCUT2D eigenvalue weighted by molar-refractivity contribution is 0.0446. The summed E-state index contributed by atoms with van der Waals surface area (Å²) in [4.78, 5) is 4.90. The largest absolute Gasteiger partial charge is 0.491 e. The first-order chi connectivity index (χ1) is 10.2. The van der Waals surface area contributed by atoms with Gasteiger partial charge in [0.1, 0.15) is 18.5 Å². The van der Waals surface area contributed by atoms with Crippen LogP contribution in [0.5, 0.6) is 5.75 Å². The highest BCUT2D eigenvalue weighted by atomic mass is 16.5. The average molecular weight is 291 g/mol. The highest BCUT2D eigenvalue weighted by Crippen LogP contribution is 2.27. The Morgan fingerprint density at radius 3 is 2.67 bits per heavy atom. The van der Waals surface area contributed by atoms with Crippen LogP contribution < -0.4 is 10.5 Å². The monoisotopic (exact) mass is 291 g/mol. The fraction of sp³-hybridized carbons (Fsp3) is 0.625. The normalized spacial score (nSPS) is 22.1. The number of nitrogens with two attached hydrogens (primary N) is 1. The molecule has 2 fully saturated rings. The average Bonchev–Trinajstić information content (AvgIpc) is 3.31. The fourth-order valence-electron chi connectivity index (χ4n) is 2.90. The Balaban J connectivity index is 1.37. The van der Waals surface area contributed by atoms with Crippen molar-refractivity contribution >= 4 is 5.69 Å². The number of hydrogen-bond donors (Lipinski definition) is 2. The highest BCUT2D eigenvalue weighted by molar-refractivity contribution is 5.43. The number of nitrogens with zero attached hydrogens (tertiary/aromatic N) is 2. The van der Waals surface area contributed by atoms with Crippen molar-refractivity contribution in [2.45, 2.75) is 25.0 Å². The number of nitrogen functional groups attached to an aromatic ring is 1. The Hall–Kier alpha value is -1.30. The van der Waals surface area contributed by atoms with Gasteiger partial charge >= 0.3 is 0 Å². The van der Waals surface area contributed by atoms with E-state index < -0.39 is 6.10 Å². The van der Waals surface area contributed by atoms with E-state index in [4.69, 9.17) is 10.5 Å².